The molecule has 1 fully saturated rings. The molecule has 0 saturated carbocycles. The lowest BCUT2D eigenvalue weighted by atomic mass is 9.94. The van der Waals surface area contributed by atoms with Crippen LogP contribution in [-0.4, -0.2) is 44.6 Å². The minimum Gasteiger partial charge on any atom is -0.399 e. The summed E-state index contributed by atoms with van der Waals surface area (Å²) in [5.41, 5.74) is 1.02. The topological polar surface area (TPSA) is 61.6 Å². The van der Waals surface area contributed by atoms with E-state index in [0.717, 1.165) is 0 Å². The highest BCUT2D eigenvalue weighted by Gasteiger charge is 2.42. The van der Waals surface area contributed by atoms with Gasteiger partial charge < -0.3 is 19.1 Å². The maximum absolute atomic E-state index is 5.79. The lowest BCUT2D eigenvalue weighted by Crippen LogP contribution is -2.52. The molecule has 0 bridgehead atoms. The Morgan fingerprint density at radius 1 is 1.00 bits per heavy atom. The van der Waals surface area contributed by atoms with Gasteiger partial charge in [0.2, 0.25) is 5.79 Å². The minimum absolute atomic E-state index is 0.00992. The molecule has 0 aromatic carbocycles. The molecule has 1 aliphatic rings. The average Bonchev–Trinajstić information content (AvgIpc) is 2.31. The molecular weight excluding hydrogens is 236 g/mol. The molecule has 0 spiro atoms. The lowest BCUT2D eigenvalue weighted by Gasteiger charge is -2.41. The SMILES string of the molecule is CON=C(C)C(=NOC)C1(C)OCC(C)(C)CO1. The van der Waals surface area contributed by atoms with Crippen molar-refractivity contribution in [1.29, 1.82) is 0 Å². The Bertz CT molecular complexity index is 340. The third kappa shape index (κ3) is 3.43. The molecule has 0 amide bonds. The summed E-state index contributed by atoms with van der Waals surface area (Å²) in [4.78, 5) is 9.58. The standard InChI is InChI=1S/C12H22N2O4/c1-9(13-15-5)10(14-16-6)12(4)17-7-11(2,3)8-18-12/h7-8H2,1-6H3. The number of ether oxygens (including phenoxy) is 2. The zero-order valence-electron chi connectivity index (χ0n) is 11.9. The molecule has 0 N–H and O–H groups in total. The van der Waals surface area contributed by atoms with Gasteiger partial charge in [-0.25, -0.2) is 0 Å². The molecule has 18 heavy (non-hydrogen) atoms. The maximum Gasteiger partial charge on any atom is 0.214 e. The highest BCUT2D eigenvalue weighted by molar-refractivity contribution is 6.43. The Morgan fingerprint density at radius 3 is 1.94 bits per heavy atom. The number of nitrogens with zero attached hydrogens (tertiary/aromatic N) is 2. The van der Waals surface area contributed by atoms with Gasteiger partial charge in [0, 0.05) is 5.41 Å². The number of hydrogen-bond acceptors (Lipinski definition) is 6. The van der Waals surface area contributed by atoms with Crippen LogP contribution in [0.3, 0.4) is 0 Å². The fourth-order valence-corrected chi connectivity index (χ4v) is 1.64. The highest BCUT2D eigenvalue weighted by Crippen LogP contribution is 2.30. The quantitative estimate of drug-likeness (QED) is 0.570. The molecule has 1 saturated heterocycles. The maximum atomic E-state index is 5.79. The molecule has 0 aliphatic carbocycles. The number of hydrogen-bond donors (Lipinski definition) is 0. The molecule has 6 nitrogen and oxygen atoms in total. The summed E-state index contributed by atoms with van der Waals surface area (Å²) in [6.07, 6.45) is 0. The van der Waals surface area contributed by atoms with Gasteiger partial charge in [-0.3, -0.25) is 0 Å². The fourth-order valence-electron chi connectivity index (χ4n) is 1.64. The van der Waals surface area contributed by atoms with Crippen LogP contribution in [-0.2, 0) is 19.1 Å². The molecule has 104 valence electrons. The summed E-state index contributed by atoms with van der Waals surface area (Å²) in [5, 5.41) is 7.79. The summed E-state index contributed by atoms with van der Waals surface area (Å²) in [5.74, 6) is -0.961. The summed E-state index contributed by atoms with van der Waals surface area (Å²) in [7, 11) is 2.94. The van der Waals surface area contributed by atoms with E-state index in [2.05, 4.69) is 24.2 Å². The summed E-state index contributed by atoms with van der Waals surface area (Å²) in [6, 6.07) is 0. The molecule has 0 atom stereocenters. The second kappa shape index (κ2) is 5.67. The Kier molecular flexibility index (Phi) is 4.70. The Balaban J connectivity index is 2.94. The third-order valence-corrected chi connectivity index (χ3v) is 2.66. The van der Waals surface area contributed by atoms with Crippen LogP contribution in [0.2, 0.25) is 0 Å². The molecule has 1 aliphatic heterocycles. The highest BCUT2D eigenvalue weighted by atomic mass is 16.7. The van der Waals surface area contributed by atoms with Crippen molar-refractivity contribution in [3.63, 3.8) is 0 Å². The van der Waals surface area contributed by atoms with Gasteiger partial charge in [0.25, 0.3) is 0 Å². The predicted octanol–water partition coefficient (Wildman–Crippen LogP) is 1.80. The third-order valence-electron chi connectivity index (χ3n) is 2.66. The lowest BCUT2D eigenvalue weighted by molar-refractivity contribution is -0.249. The van der Waals surface area contributed by atoms with Gasteiger partial charge in [0.05, 0.1) is 13.2 Å². The van der Waals surface area contributed by atoms with Gasteiger partial charge >= 0.3 is 0 Å². The molecular formula is C12H22N2O4. The van der Waals surface area contributed by atoms with Crippen molar-refractivity contribution >= 4 is 11.4 Å². The van der Waals surface area contributed by atoms with E-state index in [9.17, 15) is 0 Å². The van der Waals surface area contributed by atoms with Crippen molar-refractivity contribution in [2.75, 3.05) is 27.4 Å². The van der Waals surface area contributed by atoms with E-state index in [4.69, 9.17) is 19.1 Å². The summed E-state index contributed by atoms with van der Waals surface area (Å²) in [6.45, 7) is 8.87. The van der Waals surface area contributed by atoms with Crippen LogP contribution in [0.4, 0.5) is 0 Å². The van der Waals surface area contributed by atoms with Crippen LogP contribution in [0.1, 0.15) is 27.7 Å². The summed E-state index contributed by atoms with van der Waals surface area (Å²) >= 11 is 0. The van der Waals surface area contributed by atoms with Crippen LogP contribution in [0, 0.1) is 5.41 Å². The van der Waals surface area contributed by atoms with Crippen LogP contribution in [0.15, 0.2) is 10.3 Å². The Morgan fingerprint density at radius 2 is 1.50 bits per heavy atom. The second-order valence-electron chi connectivity index (χ2n) is 5.17. The van der Waals surface area contributed by atoms with Crippen molar-refractivity contribution in [3.05, 3.63) is 0 Å². The fraction of sp³-hybridized carbons (Fsp3) is 0.833. The van der Waals surface area contributed by atoms with Crippen LogP contribution >= 0.6 is 0 Å². The Hall–Kier alpha value is -1.14. The van der Waals surface area contributed by atoms with Crippen molar-refractivity contribution in [2.24, 2.45) is 15.7 Å². The molecule has 1 heterocycles. The molecule has 0 unspecified atom stereocenters. The molecule has 6 heteroatoms. The predicted molar refractivity (Wildman–Crippen MR) is 68.7 cm³/mol. The molecule has 0 aromatic heterocycles. The van der Waals surface area contributed by atoms with Gasteiger partial charge in [0.1, 0.15) is 19.9 Å². The van der Waals surface area contributed by atoms with Crippen molar-refractivity contribution in [2.45, 2.75) is 33.5 Å². The number of rotatable bonds is 4. The second-order valence-corrected chi connectivity index (χ2v) is 5.17. The largest absolute Gasteiger partial charge is 0.399 e. The van der Waals surface area contributed by atoms with Crippen molar-refractivity contribution in [3.8, 4) is 0 Å². The first-order valence-electron chi connectivity index (χ1n) is 5.82. The smallest absolute Gasteiger partial charge is 0.214 e. The molecule has 0 radical (unpaired) electrons. The molecule has 1 rings (SSSR count). The van der Waals surface area contributed by atoms with E-state index in [1.807, 2.05) is 0 Å². The van der Waals surface area contributed by atoms with Crippen LogP contribution in [0.5, 0.6) is 0 Å². The van der Waals surface area contributed by atoms with Gasteiger partial charge in [-0.1, -0.05) is 24.2 Å². The average molecular weight is 258 g/mol. The normalized spacial score (nSPS) is 23.7. The van der Waals surface area contributed by atoms with Gasteiger partial charge in [0.15, 0.2) is 5.71 Å². The van der Waals surface area contributed by atoms with E-state index < -0.39 is 5.79 Å². The zero-order chi connectivity index (χ0) is 13.8. The van der Waals surface area contributed by atoms with Crippen LogP contribution in [0.25, 0.3) is 0 Å². The van der Waals surface area contributed by atoms with Crippen LogP contribution < -0.4 is 0 Å². The van der Waals surface area contributed by atoms with E-state index in [1.54, 1.807) is 13.8 Å². The minimum atomic E-state index is -0.961. The van der Waals surface area contributed by atoms with Gasteiger partial charge in [-0.2, -0.15) is 0 Å². The Labute approximate surface area is 108 Å². The van der Waals surface area contributed by atoms with Crippen molar-refractivity contribution in [1.82, 2.24) is 0 Å². The van der Waals surface area contributed by atoms with E-state index in [1.165, 1.54) is 14.2 Å². The van der Waals surface area contributed by atoms with E-state index in [-0.39, 0.29) is 5.41 Å². The first kappa shape index (κ1) is 14.9. The first-order valence-corrected chi connectivity index (χ1v) is 5.82. The monoisotopic (exact) mass is 258 g/mol. The number of oxime groups is 2. The van der Waals surface area contributed by atoms with E-state index in [0.29, 0.717) is 24.6 Å². The zero-order valence-corrected chi connectivity index (χ0v) is 11.9. The van der Waals surface area contributed by atoms with E-state index >= 15 is 0 Å². The van der Waals surface area contributed by atoms with Gasteiger partial charge in [-0.05, 0) is 13.8 Å². The van der Waals surface area contributed by atoms with Gasteiger partial charge in [-0.15, -0.1) is 0 Å². The molecule has 0 aromatic rings. The van der Waals surface area contributed by atoms with Crippen molar-refractivity contribution < 1.29 is 19.1 Å². The summed E-state index contributed by atoms with van der Waals surface area (Å²) < 4.78 is 11.6. The first-order chi connectivity index (χ1) is 8.34.